The summed E-state index contributed by atoms with van der Waals surface area (Å²) in [5.41, 5.74) is 3.56. The Morgan fingerprint density at radius 2 is 2.29 bits per heavy atom. The van der Waals surface area contributed by atoms with Crippen LogP contribution in [0.2, 0.25) is 0 Å². The van der Waals surface area contributed by atoms with Gasteiger partial charge in [-0.2, -0.15) is 5.10 Å². The Morgan fingerprint density at radius 1 is 1.47 bits per heavy atom. The highest BCUT2D eigenvalue weighted by Gasteiger charge is 2.15. The molecule has 2 rings (SSSR count). The Bertz CT molecular complexity index is 475. The predicted molar refractivity (Wildman–Crippen MR) is 67.7 cm³/mol. The molecular formula is C13H18N4. The number of aryl methyl sites for hydroxylation is 2. The number of nitrogens with zero attached hydrogens (tertiary/aromatic N) is 3. The van der Waals surface area contributed by atoms with E-state index in [1.807, 2.05) is 38.0 Å². The van der Waals surface area contributed by atoms with Gasteiger partial charge in [0.15, 0.2) is 0 Å². The maximum Gasteiger partial charge on any atom is 0.0641 e. The molecule has 0 aliphatic heterocycles. The van der Waals surface area contributed by atoms with Crippen LogP contribution in [0.25, 0.3) is 0 Å². The zero-order valence-corrected chi connectivity index (χ0v) is 10.5. The van der Waals surface area contributed by atoms with E-state index in [9.17, 15) is 0 Å². The van der Waals surface area contributed by atoms with Gasteiger partial charge in [0.2, 0.25) is 0 Å². The van der Waals surface area contributed by atoms with Gasteiger partial charge in [0, 0.05) is 37.2 Å². The minimum Gasteiger partial charge on any atom is -0.313 e. The van der Waals surface area contributed by atoms with Gasteiger partial charge in [-0.1, -0.05) is 6.07 Å². The number of hydrogen-bond donors (Lipinski definition) is 1. The van der Waals surface area contributed by atoms with E-state index in [-0.39, 0.29) is 6.04 Å². The molecular weight excluding hydrogens is 212 g/mol. The van der Waals surface area contributed by atoms with E-state index < -0.39 is 0 Å². The molecule has 0 amide bonds. The molecule has 2 aromatic rings. The molecule has 0 aliphatic rings. The molecule has 1 N–H and O–H groups in total. The highest BCUT2D eigenvalue weighted by atomic mass is 15.3. The van der Waals surface area contributed by atoms with Gasteiger partial charge >= 0.3 is 0 Å². The third-order valence-electron chi connectivity index (χ3n) is 2.94. The van der Waals surface area contributed by atoms with Crippen LogP contribution in [0.3, 0.4) is 0 Å². The number of aromatic nitrogens is 3. The van der Waals surface area contributed by atoms with E-state index in [0.29, 0.717) is 0 Å². The first kappa shape index (κ1) is 11.8. The van der Waals surface area contributed by atoms with Gasteiger partial charge in [0.05, 0.1) is 5.69 Å². The standard InChI is InChI=1S/C13H18N4/c1-10-12(9-17(3)16-10)13(14-2)7-11-5-4-6-15-8-11/h4-6,8-9,13-14H,7H2,1-3H3. The highest BCUT2D eigenvalue weighted by Crippen LogP contribution is 2.20. The predicted octanol–water partition coefficient (Wildman–Crippen LogP) is 1.63. The lowest BCUT2D eigenvalue weighted by molar-refractivity contribution is 0.587. The van der Waals surface area contributed by atoms with Crippen LogP contribution in [0, 0.1) is 6.92 Å². The van der Waals surface area contributed by atoms with Crippen molar-refractivity contribution < 1.29 is 0 Å². The summed E-state index contributed by atoms with van der Waals surface area (Å²) in [7, 11) is 3.93. The van der Waals surface area contributed by atoms with Crippen molar-refractivity contribution in [3.05, 3.63) is 47.5 Å². The lowest BCUT2D eigenvalue weighted by Crippen LogP contribution is -2.19. The van der Waals surface area contributed by atoms with Crippen LogP contribution < -0.4 is 5.32 Å². The summed E-state index contributed by atoms with van der Waals surface area (Å²) in [6, 6.07) is 4.36. The second-order valence-electron chi connectivity index (χ2n) is 4.25. The monoisotopic (exact) mass is 230 g/mol. The van der Waals surface area contributed by atoms with Gasteiger partial charge in [0.25, 0.3) is 0 Å². The van der Waals surface area contributed by atoms with E-state index >= 15 is 0 Å². The molecule has 4 heteroatoms. The summed E-state index contributed by atoms with van der Waals surface area (Å²) in [5.74, 6) is 0. The average molecular weight is 230 g/mol. The van der Waals surface area contributed by atoms with Crippen LogP contribution in [-0.4, -0.2) is 21.8 Å². The van der Waals surface area contributed by atoms with Crippen molar-refractivity contribution in [1.29, 1.82) is 0 Å². The van der Waals surface area contributed by atoms with Crippen molar-refractivity contribution in [2.75, 3.05) is 7.05 Å². The second kappa shape index (κ2) is 5.10. The molecule has 0 aromatic carbocycles. The SMILES string of the molecule is CNC(Cc1cccnc1)c1cn(C)nc1C. The lowest BCUT2D eigenvalue weighted by atomic mass is 10.0. The molecule has 1 atom stereocenters. The van der Waals surface area contributed by atoms with Crippen LogP contribution in [0.4, 0.5) is 0 Å². The number of nitrogens with one attached hydrogen (secondary N) is 1. The Hall–Kier alpha value is -1.68. The topological polar surface area (TPSA) is 42.7 Å². The number of likely N-dealkylation sites (N-methyl/N-ethyl adjacent to an activating group) is 1. The number of hydrogen-bond acceptors (Lipinski definition) is 3. The maximum absolute atomic E-state index is 4.38. The first-order valence-corrected chi connectivity index (χ1v) is 5.77. The van der Waals surface area contributed by atoms with Crippen LogP contribution >= 0.6 is 0 Å². The second-order valence-corrected chi connectivity index (χ2v) is 4.25. The van der Waals surface area contributed by atoms with Gasteiger partial charge < -0.3 is 5.32 Å². The summed E-state index contributed by atoms with van der Waals surface area (Å²) < 4.78 is 1.86. The Kier molecular flexibility index (Phi) is 3.54. The van der Waals surface area contributed by atoms with Crippen molar-refractivity contribution in [2.24, 2.45) is 7.05 Å². The van der Waals surface area contributed by atoms with E-state index in [0.717, 1.165) is 12.1 Å². The maximum atomic E-state index is 4.38. The highest BCUT2D eigenvalue weighted by molar-refractivity contribution is 5.23. The summed E-state index contributed by atoms with van der Waals surface area (Å²) >= 11 is 0. The van der Waals surface area contributed by atoms with Crippen LogP contribution in [0.5, 0.6) is 0 Å². The Labute approximate surface area is 102 Å². The molecule has 2 heterocycles. The molecule has 1 unspecified atom stereocenters. The smallest absolute Gasteiger partial charge is 0.0641 e. The molecule has 2 aromatic heterocycles. The molecule has 0 aliphatic carbocycles. The summed E-state index contributed by atoms with van der Waals surface area (Å²) in [4.78, 5) is 4.14. The Balaban J connectivity index is 2.20. The minimum atomic E-state index is 0.285. The number of rotatable bonds is 4. The van der Waals surface area contributed by atoms with Gasteiger partial charge in [-0.15, -0.1) is 0 Å². The summed E-state index contributed by atoms with van der Waals surface area (Å²) in [5, 5.41) is 7.72. The fourth-order valence-corrected chi connectivity index (χ4v) is 2.08. The fourth-order valence-electron chi connectivity index (χ4n) is 2.08. The van der Waals surface area contributed by atoms with Crippen molar-refractivity contribution in [3.63, 3.8) is 0 Å². The third kappa shape index (κ3) is 2.71. The van der Waals surface area contributed by atoms with Gasteiger partial charge in [0.1, 0.15) is 0 Å². The first-order chi connectivity index (χ1) is 8.20. The van der Waals surface area contributed by atoms with E-state index in [2.05, 4.69) is 27.7 Å². The minimum absolute atomic E-state index is 0.285. The molecule has 0 spiro atoms. The quantitative estimate of drug-likeness (QED) is 0.868. The zero-order valence-electron chi connectivity index (χ0n) is 10.5. The molecule has 0 bridgehead atoms. The largest absolute Gasteiger partial charge is 0.313 e. The molecule has 17 heavy (non-hydrogen) atoms. The van der Waals surface area contributed by atoms with Crippen molar-refractivity contribution in [1.82, 2.24) is 20.1 Å². The van der Waals surface area contributed by atoms with Crippen LogP contribution in [0.15, 0.2) is 30.7 Å². The Morgan fingerprint density at radius 3 is 2.82 bits per heavy atom. The molecule has 4 nitrogen and oxygen atoms in total. The lowest BCUT2D eigenvalue weighted by Gasteiger charge is -2.15. The van der Waals surface area contributed by atoms with Gasteiger partial charge in [-0.3, -0.25) is 9.67 Å². The fraction of sp³-hybridized carbons (Fsp3) is 0.385. The normalized spacial score (nSPS) is 12.6. The van der Waals surface area contributed by atoms with Crippen LogP contribution in [-0.2, 0) is 13.5 Å². The van der Waals surface area contributed by atoms with Crippen molar-refractivity contribution >= 4 is 0 Å². The summed E-state index contributed by atoms with van der Waals surface area (Å²) in [6.07, 6.45) is 6.72. The first-order valence-electron chi connectivity index (χ1n) is 5.77. The molecule has 90 valence electrons. The summed E-state index contributed by atoms with van der Waals surface area (Å²) in [6.45, 7) is 2.04. The van der Waals surface area contributed by atoms with E-state index in [1.165, 1.54) is 11.1 Å². The third-order valence-corrected chi connectivity index (χ3v) is 2.94. The molecule has 0 saturated carbocycles. The van der Waals surface area contributed by atoms with E-state index in [1.54, 1.807) is 6.20 Å². The molecule has 0 radical (unpaired) electrons. The average Bonchev–Trinajstić information content (AvgIpc) is 2.67. The van der Waals surface area contributed by atoms with Crippen molar-refractivity contribution in [3.8, 4) is 0 Å². The van der Waals surface area contributed by atoms with Gasteiger partial charge in [-0.05, 0) is 32.0 Å². The number of pyridine rings is 1. The van der Waals surface area contributed by atoms with Crippen molar-refractivity contribution in [2.45, 2.75) is 19.4 Å². The molecule has 0 saturated heterocycles. The van der Waals surface area contributed by atoms with Gasteiger partial charge in [-0.25, -0.2) is 0 Å². The van der Waals surface area contributed by atoms with Crippen LogP contribution in [0.1, 0.15) is 22.9 Å². The zero-order chi connectivity index (χ0) is 12.3. The molecule has 0 fully saturated rings. The van der Waals surface area contributed by atoms with E-state index in [4.69, 9.17) is 0 Å².